The van der Waals surface area contributed by atoms with Crippen molar-refractivity contribution in [2.75, 3.05) is 13.2 Å². The topological polar surface area (TPSA) is 18.5 Å². The quantitative estimate of drug-likeness (QED) is 0.0561. The molecule has 0 heterocycles. The van der Waals surface area contributed by atoms with Gasteiger partial charge in [-0.1, -0.05) is 133 Å². The molecule has 69 heavy (non-hydrogen) atoms. The summed E-state index contributed by atoms with van der Waals surface area (Å²) in [6, 6.07) is 6.17. The zero-order valence-electron chi connectivity index (χ0n) is 41.7. The van der Waals surface area contributed by atoms with E-state index in [0.717, 1.165) is 73.3 Å². The van der Waals surface area contributed by atoms with E-state index in [0.29, 0.717) is 82.1 Å². The summed E-state index contributed by atoms with van der Waals surface area (Å²) in [4.78, 5) is 0. The van der Waals surface area contributed by atoms with Crippen LogP contribution in [-0.4, -0.2) is 19.4 Å². The average molecular weight is 967 g/mol. The van der Waals surface area contributed by atoms with Gasteiger partial charge in [0.15, 0.2) is 23.1 Å². The zero-order valence-corrected chi connectivity index (χ0v) is 41.7. The Kier molecular flexibility index (Phi) is 22.4. The Morgan fingerprint density at radius 1 is 0.551 bits per heavy atom. The summed E-state index contributed by atoms with van der Waals surface area (Å²) in [5.41, 5.74) is 2.22. The maximum absolute atomic E-state index is 15.3. The Balaban J connectivity index is 0.848. The lowest BCUT2D eigenvalue weighted by Crippen LogP contribution is -2.11. The van der Waals surface area contributed by atoms with Crippen LogP contribution in [0.3, 0.4) is 0 Å². The van der Waals surface area contributed by atoms with Gasteiger partial charge in [0, 0.05) is 17.2 Å². The van der Waals surface area contributed by atoms with Crippen molar-refractivity contribution in [3.8, 4) is 11.5 Å². The molecule has 0 aliphatic heterocycles. The molecule has 4 aliphatic carbocycles. The molecule has 2 aromatic rings. The number of allylic oxidation sites excluding steroid dienone is 10. The summed E-state index contributed by atoms with van der Waals surface area (Å²) in [6.07, 6.45) is 35.5. The predicted molar refractivity (Wildman–Crippen MR) is 269 cm³/mol. The van der Waals surface area contributed by atoms with Gasteiger partial charge in [-0.2, -0.15) is 22.0 Å². The minimum absolute atomic E-state index is 0.135. The van der Waals surface area contributed by atoms with Gasteiger partial charge in [-0.25, -0.2) is 8.78 Å². The molecule has 0 saturated heterocycles. The highest BCUT2D eigenvalue weighted by molar-refractivity contribution is 5.68. The standard InChI is InChI=1S/C60H81F7O2/c1-43-19-23-46(24-20-43)15-7-9-17-48-27-31-50(32-28-48)52-35-37-54(58(63)56(52)61)68-41-11-3-5-13-45(39-40-60(65,66)67)14-6-4-12-42-69-55-38-36-53(57(62)59(55)64)51-33-29-49(30-34-51)18-10-8-16-47-25-21-44(2)22-26-47/h9-10,17-18,31,33,35-40,43-49H,3-8,11-16,19-30,32,34,41-42H2,1-2H3/b17-9+,18-10+,40-39+. The minimum Gasteiger partial charge on any atom is -0.490 e. The second-order valence-electron chi connectivity index (χ2n) is 21.3. The maximum atomic E-state index is 15.3. The summed E-state index contributed by atoms with van der Waals surface area (Å²) in [7, 11) is 0. The molecule has 6 rings (SSSR count). The van der Waals surface area contributed by atoms with Crippen LogP contribution in [0, 0.1) is 64.7 Å². The third kappa shape index (κ3) is 18.4. The van der Waals surface area contributed by atoms with Crippen molar-refractivity contribution in [2.45, 2.75) is 187 Å². The number of hydrogen-bond acceptors (Lipinski definition) is 2. The van der Waals surface area contributed by atoms with Gasteiger partial charge in [0.2, 0.25) is 11.6 Å². The number of unbranched alkanes of at least 4 members (excludes halogenated alkanes) is 4. The van der Waals surface area contributed by atoms with Gasteiger partial charge in [-0.3, -0.25) is 0 Å². The fraction of sp³-hybridized carbons (Fsp3) is 0.633. The van der Waals surface area contributed by atoms with Crippen LogP contribution in [0.15, 0.2) is 72.9 Å². The summed E-state index contributed by atoms with van der Waals surface area (Å²) >= 11 is 0. The van der Waals surface area contributed by atoms with Crippen LogP contribution in [0.4, 0.5) is 30.7 Å². The van der Waals surface area contributed by atoms with Gasteiger partial charge in [-0.15, -0.1) is 0 Å². The number of rotatable bonds is 25. The summed E-state index contributed by atoms with van der Waals surface area (Å²) in [6.45, 7) is 5.03. The molecule has 0 bridgehead atoms. The van der Waals surface area contributed by atoms with E-state index in [9.17, 15) is 13.2 Å². The first-order valence-electron chi connectivity index (χ1n) is 27.0. The van der Waals surface area contributed by atoms with Crippen molar-refractivity contribution in [3.63, 3.8) is 0 Å². The maximum Gasteiger partial charge on any atom is 0.409 e. The molecule has 0 spiro atoms. The first-order chi connectivity index (χ1) is 33.3. The van der Waals surface area contributed by atoms with E-state index in [1.54, 1.807) is 12.1 Å². The second-order valence-corrected chi connectivity index (χ2v) is 21.3. The normalized spacial score (nSPS) is 24.2. The number of hydrogen-bond donors (Lipinski definition) is 0. The molecule has 382 valence electrons. The molecular weight excluding hydrogens is 886 g/mol. The second kappa shape index (κ2) is 28.3. The van der Waals surface area contributed by atoms with E-state index < -0.39 is 29.4 Å². The predicted octanol–water partition coefficient (Wildman–Crippen LogP) is 19.2. The van der Waals surface area contributed by atoms with E-state index in [4.69, 9.17) is 9.47 Å². The van der Waals surface area contributed by atoms with Crippen LogP contribution in [0.1, 0.15) is 192 Å². The number of benzene rings is 2. The molecule has 2 aromatic carbocycles. The fourth-order valence-corrected chi connectivity index (χ4v) is 11.1. The SMILES string of the molecule is CC1CCC(CC/C=C/C2CC=C(c3ccc(OCCCCCC(/C=C/C(F)(F)F)CCCCCOc4ccc(C5=CCC(/C=C/CCC6CCC(C)CC6)CC5)c(F)c4F)c(F)c3F)CC2)CC1. The van der Waals surface area contributed by atoms with Crippen LogP contribution in [0.25, 0.3) is 11.1 Å². The highest BCUT2D eigenvalue weighted by atomic mass is 19.4. The van der Waals surface area contributed by atoms with Crippen LogP contribution in [-0.2, 0) is 0 Å². The largest absolute Gasteiger partial charge is 0.490 e. The van der Waals surface area contributed by atoms with E-state index in [1.165, 1.54) is 82.4 Å². The third-order valence-corrected chi connectivity index (χ3v) is 15.8. The number of ether oxygens (including phenoxy) is 2. The van der Waals surface area contributed by atoms with Crippen LogP contribution >= 0.6 is 0 Å². The lowest BCUT2D eigenvalue weighted by molar-refractivity contribution is -0.0803. The molecule has 0 radical (unpaired) electrons. The Morgan fingerprint density at radius 2 is 0.986 bits per heavy atom. The Labute approximate surface area is 410 Å². The van der Waals surface area contributed by atoms with E-state index in [1.807, 2.05) is 12.2 Å². The minimum atomic E-state index is -4.41. The van der Waals surface area contributed by atoms with Crippen molar-refractivity contribution in [1.82, 2.24) is 0 Å². The highest BCUT2D eigenvalue weighted by Crippen LogP contribution is 2.38. The van der Waals surface area contributed by atoms with Crippen molar-refractivity contribution >= 4 is 11.1 Å². The molecule has 9 heteroatoms. The van der Waals surface area contributed by atoms with Gasteiger partial charge in [-0.05, 0) is 167 Å². The number of alkyl halides is 3. The fourth-order valence-electron chi connectivity index (χ4n) is 11.1. The van der Waals surface area contributed by atoms with E-state index in [2.05, 4.69) is 38.2 Å². The van der Waals surface area contributed by atoms with E-state index >= 15 is 17.6 Å². The molecule has 2 fully saturated rings. The molecule has 0 aromatic heterocycles. The monoisotopic (exact) mass is 967 g/mol. The molecule has 2 nitrogen and oxygen atoms in total. The molecule has 4 aliphatic rings. The van der Waals surface area contributed by atoms with Gasteiger partial charge >= 0.3 is 6.18 Å². The summed E-state index contributed by atoms with van der Waals surface area (Å²) in [5.74, 6) is -0.0683. The molecular formula is C60H81F7O2. The summed E-state index contributed by atoms with van der Waals surface area (Å²) < 4.78 is 111. The van der Waals surface area contributed by atoms with Gasteiger partial charge in [0.05, 0.1) is 13.2 Å². The molecule has 2 saturated carbocycles. The smallest absolute Gasteiger partial charge is 0.409 e. The highest BCUT2D eigenvalue weighted by Gasteiger charge is 2.25. The van der Waals surface area contributed by atoms with Crippen LogP contribution in [0.2, 0.25) is 0 Å². The Bertz CT molecular complexity index is 1880. The molecule has 0 amide bonds. The van der Waals surface area contributed by atoms with Crippen molar-refractivity contribution in [3.05, 3.63) is 107 Å². The Hall–Kier alpha value is -3.75. The first kappa shape index (κ1) is 54.6. The van der Waals surface area contributed by atoms with Crippen molar-refractivity contribution in [1.29, 1.82) is 0 Å². The van der Waals surface area contributed by atoms with Gasteiger partial charge in [0.1, 0.15) is 0 Å². The third-order valence-electron chi connectivity index (χ3n) is 15.8. The first-order valence-corrected chi connectivity index (χ1v) is 27.0. The lowest BCUT2D eigenvalue weighted by atomic mass is 9.81. The lowest BCUT2D eigenvalue weighted by Gasteiger charge is -2.25. The van der Waals surface area contributed by atoms with Crippen molar-refractivity contribution < 1.29 is 40.2 Å². The van der Waals surface area contributed by atoms with Gasteiger partial charge < -0.3 is 9.47 Å². The molecule has 0 N–H and O–H groups in total. The van der Waals surface area contributed by atoms with E-state index in [-0.39, 0.29) is 41.8 Å². The Morgan fingerprint density at radius 3 is 1.38 bits per heavy atom. The summed E-state index contributed by atoms with van der Waals surface area (Å²) in [5, 5.41) is 0. The average Bonchev–Trinajstić information content (AvgIpc) is 3.34. The van der Waals surface area contributed by atoms with Crippen molar-refractivity contribution in [2.24, 2.45) is 41.4 Å². The van der Waals surface area contributed by atoms with Gasteiger partial charge in [0.25, 0.3) is 0 Å². The van der Waals surface area contributed by atoms with Crippen LogP contribution in [0.5, 0.6) is 11.5 Å². The number of halogens is 7. The molecule has 2 unspecified atom stereocenters. The zero-order chi connectivity index (χ0) is 49.0. The molecule has 2 atom stereocenters. The van der Waals surface area contributed by atoms with Crippen LogP contribution < -0.4 is 9.47 Å².